The molecule has 3 rings (SSSR count). The number of halogens is 1. The van der Waals surface area contributed by atoms with E-state index in [-0.39, 0.29) is 24.2 Å². The molecule has 3 aromatic rings. The smallest absolute Gasteiger partial charge is 0.226 e. The molecule has 0 spiro atoms. The number of carbonyl (C=O) groups excluding carboxylic acids is 1. The molecule has 0 unspecified atom stereocenters. The zero-order chi connectivity index (χ0) is 19.9. The highest BCUT2D eigenvalue weighted by molar-refractivity contribution is 7.09. The quantitative estimate of drug-likeness (QED) is 0.590. The molecule has 1 atom stereocenters. The van der Waals surface area contributed by atoms with Gasteiger partial charge in [0.05, 0.1) is 18.2 Å². The summed E-state index contributed by atoms with van der Waals surface area (Å²) in [6.45, 7) is 4.36. The number of amides is 1. The van der Waals surface area contributed by atoms with E-state index in [2.05, 4.69) is 29.4 Å². The van der Waals surface area contributed by atoms with Crippen LogP contribution in [0.2, 0.25) is 0 Å². The highest BCUT2D eigenvalue weighted by Crippen LogP contribution is 2.17. The predicted octanol–water partition coefficient (Wildman–Crippen LogP) is 4.84. The van der Waals surface area contributed by atoms with E-state index >= 15 is 0 Å². The van der Waals surface area contributed by atoms with E-state index in [0.717, 1.165) is 22.7 Å². The summed E-state index contributed by atoms with van der Waals surface area (Å²) in [5, 5.41) is 5.62. The van der Waals surface area contributed by atoms with Gasteiger partial charge >= 0.3 is 0 Å². The van der Waals surface area contributed by atoms with Crippen LogP contribution in [0.25, 0.3) is 0 Å². The molecular weight excluding hydrogens is 375 g/mol. The normalized spacial score (nSPS) is 11.8. The van der Waals surface area contributed by atoms with Crippen LogP contribution in [0.1, 0.15) is 41.7 Å². The maximum Gasteiger partial charge on any atom is 0.226 e. The highest BCUT2D eigenvalue weighted by Gasteiger charge is 2.12. The van der Waals surface area contributed by atoms with Gasteiger partial charge in [0, 0.05) is 5.38 Å². The average Bonchev–Trinajstić information content (AvgIpc) is 3.14. The Morgan fingerprint density at radius 3 is 2.57 bits per heavy atom. The second-order valence-electron chi connectivity index (χ2n) is 6.54. The number of aryl methyl sites for hydroxylation is 1. The van der Waals surface area contributed by atoms with Crippen molar-refractivity contribution in [1.29, 1.82) is 0 Å². The van der Waals surface area contributed by atoms with Crippen LogP contribution >= 0.6 is 11.3 Å². The van der Waals surface area contributed by atoms with Gasteiger partial charge in [0.1, 0.15) is 23.2 Å². The second-order valence-corrected chi connectivity index (χ2v) is 7.48. The number of aromatic nitrogens is 1. The van der Waals surface area contributed by atoms with Crippen molar-refractivity contribution in [3.63, 3.8) is 0 Å². The van der Waals surface area contributed by atoms with Crippen LogP contribution in [0.5, 0.6) is 5.75 Å². The Bertz CT molecular complexity index is 907. The third-order valence-electron chi connectivity index (χ3n) is 4.38. The van der Waals surface area contributed by atoms with Crippen molar-refractivity contribution in [1.82, 2.24) is 10.3 Å². The van der Waals surface area contributed by atoms with Crippen LogP contribution in [0.4, 0.5) is 4.39 Å². The average molecular weight is 399 g/mol. The molecule has 0 fully saturated rings. The molecule has 146 valence electrons. The van der Waals surface area contributed by atoms with Crippen molar-refractivity contribution >= 4 is 17.2 Å². The molecule has 0 bridgehead atoms. The van der Waals surface area contributed by atoms with Crippen LogP contribution in [-0.4, -0.2) is 10.9 Å². The Morgan fingerprint density at radius 2 is 1.89 bits per heavy atom. The molecule has 0 aliphatic carbocycles. The molecule has 4 nitrogen and oxygen atoms in total. The van der Waals surface area contributed by atoms with Crippen LogP contribution in [0.3, 0.4) is 0 Å². The summed E-state index contributed by atoms with van der Waals surface area (Å²) in [6.07, 6.45) is 1.20. The van der Waals surface area contributed by atoms with Gasteiger partial charge in [0.25, 0.3) is 0 Å². The lowest BCUT2D eigenvalue weighted by molar-refractivity contribution is -0.121. The van der Waals surface area contributed by atoms with Crippen molar-refractivity contribution < 1.29 is 13.9 Å². The monoisotopic (exact) mass is 398 g/mol. The molecule has 0 saturated carbocycles. The molecule has 28 heavy (non-hydrogen) atoms. The van der Waals surface area contributed by atoms with Crippen molar-refractivity contribution in [2.45, 2.75) is 39.3 Å². The van der Waals surface area contributed by atoms with Crippen LogP contribution in [0, 0.1) is 5.82 Å². The van der Waals surface area contributed by atoms with Crippen molar-refractivity contribution in [3.8, 4) is 5.75 Å². The number of benzene rings is 2. The summed E-state index contributed by atoms with van der Waals surface area (Å²) in [6, 6.07) is 13.9. The van der Waals surface area contributed by atoms with Gasteiger partial charge < -0.3 is 10.1 Å². The van der Waals surface area contributed by atoms with Gasteiger partial charge in [-0.1, -0.05) is 31.2 Å². The molecule has 1 heterocycles. The summed E-state index contributed by atoms with van der Waals surface area (Å²) in [5.41, 5.74) is 2.84. The third kappa shape index (κ3) is 5.63. The lowest BCUT2D eigenvalue weighted by Gasteiger charge is -2.13. The molecule has 6 heteroatoms. The zero-order valence-electron chi connectivity index (χ0n) is 15.9. The lowest BCUT2D eigenvalue weighted by atomic mass is 10.1. The maximum absolute atomic E-state index is 13.0. The van der Waals surface area contributed by atoms with E-state index in [1.165, 1.54) is 29.0 Å². The first-order valence-corrected chi connectivity index (χ1v) is 10.1. The highest BCUT2D eigenvalue weighted by atomic mass is 32.1. The van der Waals surface area contributed by atoms with Crippen LogP contribution < -0.4 is 10.1 Å². The molecule has 0 aliphatic rings. The fraction of sp³-hybridized carbons (Fsp3) is 0.273. The molecular formula is C22H23FN2O2S. The maximum atomic E-state index is 13.0. The van der Waals surface area contributed by atoms with Gasteiger partial charge in [-0.25, -0.2) is 9.37 Å². The van der Waals surface area contributed by atoms with E-state index in [1.54, 1.807) is 12.1 Å². The Balaban J connectivity index is 1.49. The Kier molecular flexibility index (Phi) is 6.76. The van der Waals surface area contributed by atoms with E-state index < -0.39 is 0 Å². The van der Waals surface area contributed by atoms with Gasteiger partial charge in [0.2, 0.25) is 5.91 Å². The number of nitrogens with zero attached hydrogens (tertiary/aromatic N) is 1. The minimum absolute atomic E-state index is 0.121. The molecule has 0 aliphatic heterocycles. The van der Waals surface area contributed by atoms with Gasteiger partial charge in [0.15, 0.2) is 0 Å². The van der Waals surface area contributed by atoms with Crippen LogP contribution in [0.15, 0.2) is 53.9 Å². The second kappa shape index (κ2) is 9.46. The summed E-state index contributed by atoms with van der Waals surface area (Å²) < 4.78 is 18.8. The number of nitrogens with one attached hydrogen (secondary N) is 1. The number of ether oxygens (including phenoxy) is 1. The van der Waals surface area contributed by atoms with Crippen molar-refractivity contribution in [2.75, 3.05) is 0 Å². The Morgan fingerprint density at radius 1 is 1.18 bits per heavy atom. The summed E-state index contributed by atoms with van der Waals surface area (Å²) in [5.74, 6) is 0.394. The number of hydrogen-bond donors (Lipinski definition) is 1. The zero-order valence-corrected chi connectivity index (χ0v) is 16.8. The largest absolute Gasteiger partial charge is 0.486 e. The molecule has 1 N–H and O–H groups in total. The summed E-state index contributed by atoms with van der Waals surface area (Å²) >= 11 is 1.48. The first-order chi connectivity index (χ1) is 13.5. The standard InChI is InChI=1S/C22H23FN2O2S/c1-3-16-4-10-20(11-5-16)27-13-22-25-19(14-28-22)12-21(26)24-15(2)17-6-8-18(23)9-7-17/h4-11,14-15H,3,12-13H2,1-2H3,(H,24,26)/t15-/m0/s1. The lowest BCUT2D eigenvalue weighted by Crippen LogP contribution is -2.28. The third-order valence-corrected chi connectivity index (χ3v) is 5.25. The SMILES string of the molecule is CCc1ccc(OCc2nc(CC(=O)N[C@@H](C)c3ccc(F)cc3)cs2)cc1. The van der Waals surface area contributed by atoms with E-state index in [9.17, 15) is 9.18 Å². The summed E-state index contributed by atoms with van der Waals surface area (Å²) in [4.78, 5) is 16.7. The van der Waals surface area contributed by atoms with Gasteiger partial charge in [-0.3, -0.25) is 4.79 Å². The van der Waals surface area contributed by atoms with Gasteiger partial charge in [-0.2, -0.15) is 0 Å². The number of hydrogen-bond acceptors (Lipinski definition) is 4. The molecule has 2 aromatic carbocycles. The van der Waals surface area contributed by atoms with E-state index in [0.29, 0.717) is 12.3 Å². The Hall–Kier alpha value is -2.73. The number of thiazole rings is 1. The van der Waals surface area contributed by atoms with Gasteiger partial charge in [-0.15, -0.1) is 11.3 Å². The fourth-order valence-electron chi connectivity index (χ4n) is 2.75. The topological polar surface area (TPSA) is 51.2 Å². The predicted molar refractivity (Wildman–Crippen MR) is 109 cm³/mol. The van der Waals surface area contributed by atoms with Crippen molar-refractivity contribution in [3.05, 3.63) is 81.6 Å². The van der Waals surface area contributed by atoms with Crippen molar-refractivity contribution in [2.24, 2.45) is 0 Å². The van der Waals surface area contributed by atoms with Crippen LogP contribution in [-0.2, 0) is 24.2 Å². The first-order valence-electron chi connectivity index (χ1n) is 9.23. The number of rotatable bonds is 8. The minimum atomic E-state index is -0.291. The molecule has 0 radical (unpaired) electrons. The van der Waals surface area contributed by atoms with E-state index in [1.807, 2.05) is 24.4 Å². The number of carbonyl (C=O) groups is 1. The van der Waals surface area contributed by atoms with Gasteiger partial charge in [-0.05, 0) is 48.7 Å². The molecule has 1 amide bonds. The summed E-state index contributed by atoms with van der Waals surface area (Å²) in [7, 11) is 0. The minimum Gasteiger partial charge on any atom is -0.486 e. The molecule has 0 saturated heterocycles. The van der Waals surface area contributed by atoms with E-state index in [4.69, 9.17) is 4.74 Å². The Labute approximate surface area is 168 Å². The first kappa shape index (κ1) is 20.0. The fourth-order valence-corrected chi connectivity index (χ4v) is 3.46. The molecule has 1 aromatic heterocycles.